The number of aromatic nitrogens is 1. The van der Waals surface area contributed by atoms with Gasteiger partial charge in [-0.1, -0.05) is 26.5 Å². The van der Waals surface area contributed by atoms with Crippen molar-refractivity contribution < 1.29 is 9.31 Å². The van der Waals surface area contributed by atoms with Crippen molar-refractivity contribution in [3.63, 3.8) is 0 Å². The van der Waals surface area contributed by atoms with Crippen LogP contribution < -0.4 is 5.59 Å². The van der Waals surface area contributed by atoms with Gasteiger partial charge in [0, 0.05) is 6.20 Å². The Morgan fingerprint density at radius 1 is 1.10 bits per heavy atom. The maximum Gasteiger partial charge on any atom is 0.514 e. The summed E-state index contributed by atoms with van der Waals surface area (Å²) in [6.07, 6.45) is 1.81. The minimum atomic E-state index is -0.394. The van der Waals surface area contributed by atoms with E-state index in [-0.39, 0.29) is 11.2 Å². The smallest absolute Gasteiger partial charge is 0.398 e. The van der Waals surface area contributed by atoms with Crippen LogP contribution in [0.1, 0.15) is 54.0 Å². The van der Waals surface area contributed by atoms with Crippen LogP contribution in [0.25, 0.3) is 5.57 Å². The summed E-state index contributed by atoms with van der Waals surface area (Å²) < 4.78 is 11.9. The highest BCUT2D eigenvalue weighted by Gasteiger charge is 2.52. The van der Waals surface area contributed by atoms with E-state index in [4.69, 9.17) is 9.31 Å². The van der Waals surface area contributed by atoms with Gasteiger partial charge in [-0.05, 0) is 51.8 Å². The normalized spacial score (nSPS) is 19.2. The van der Waals surface area contributed by atoms with Crippen LogP contribution >= 0.6 is 0 Å². The monoisotopic (exact) mass is 275 g/mol. The third-order valence-electron chi connectivity index (χ3n) is 3.77. The molecule has 2 rings (SSSR count). The van der Waals surface area contributed by atoms with Crippen molar-refractivity contribution in [2.24, 2.45) is 0 Å². The summed E-state index contributed by atoms with van der Waals surface area (Å²) >= 11 is 0. The molecule has 0 aromatic carbocycles. The van der Waals surface area contributed by atoms with Crippen LogP contribution in [0.2, 0.25) is 0 Å². The number of hydrogen-bond acceptors (Lipinski definition) is 3. The molecule has 2 heterocycles. The molecule has 1 fully saturated rings. The minimum Gasteiger partial charge on any atom is -0.398 e. The molecule has 0 atom stereocenters. The summed E-state index contributed by atoms with van der Waals surface area (Å²) in [5.74, 6) is 0. The molecule has 0 N–H and O–H groups in total. The third kappa shape index (κ3) is 3.30. The van der Waals surface area contributed by atoms with E-state index in [0.29, 0.717) is 0 Å². The second-order valence-corrected chi connectivity index (χ2v) is 5.84. The predicted molar refractivity (Wildman–Crippen MR) is 86.0 cm³/mol. The highest BCUT2D eigenvalue weighted by atomic mass is 16.7. The van der Waals surface area contributed by atoms with Crippen molar-refractivity contribution in [2.75, 3.05) is 0 Å². The fraction of sp³-hybridized carbons (Fsp3) is 0.562. The first-order valence-corrected chi connectivity index (χ1v) is 7.20. The second kappa shape index (κ2) is 6.11. The zero-order valence-electron chi connectivity index (χ0n) is 13.8. The molecule has 20 heavy (non-hydrogen) atoms. The van der Waals surface area contributed by atoms with Gasteiger partial charge in [-0.25, -0.2) is 0 Å². The predicted octanol–water partition coefficient (Wildman–Crippen LogP) is 3.44. The van der Waals surface area contributed by atoms with E-state index in [1.165, 1.54) is 0 Å². The molecule has 1 aromatic rings. The Kier molecular flexibility index (Phi) is 5.17. The average molecular weight is 275 g/mol. The fourth-order valence-electron chi connectivity index (χ4n) is 1.76. The number of allylic oxidation sites excluding steroid dienone is 1. The van der Waals surface area contributed by atoms with Crippen LogP contribution in [-0.2, 0) is 9.31 Å². The maximum atomic E-state index is 5.94. The van der Waals surface area contributed by atoms with Gasteiger partial charge in [-0.2, -0.15) is 0 Å². The standard InChI is InChI=1S/C14H20BNO2.C2H6/c1-10(2)11-7-8-12(16-9-11)15-17-13(3,4)14(5,6)18-15;1-2/h7-9H,1H2,2-6H3;1-2H3. The number of pyridine rings is 1. The lowest BCUT2D eigenvalue weighted by Crippen LogP contribution is -2.41. The fourth-order valence-corrected chi connectivity index (χ4v) is 1.76. The average Bonchev–Trinajstić information content (AvgIpc) is 2.61. The van der Waals surface area contributed by atoms with E-state index in [0.717, 1.165) is 16.7 Å². The zero-order chi connectivity index (χ0) is 15.6. The number of nitrogens with zero attached hydrogens (tertiary/aromatic N) is 1. The SMILES string of the molecule is C=C(C)c1ccc(B2OC(C)(C)C(C)(C)O2)nc1.CC. The molecule has 0 bridgehead atoms. The Morgan fingerprint density at radius 3 is 1.95 bits per heavy atom. The second-order valence-electron chi connectivity index (χ2n) is 5.84. The largest absolute Gasteiger partial charge is 0.514 e. The molecule has 1 aliphatic heterocycles. The van der Waals surface area contributed by atoms with Crippen LogP contribution in [0.15, 0.2) is 24.9 Å². The first-order valence-electron chi connectivity index (χ1n) is 7.20. The quantitative estimate of drug-likeness (QED) is 0.775. The van der Waals surface area contributed by atoms with Crippen molar-refractivity contribution in [3.8, 4) is 0 Å². The highest BCUT2D eigenvalue weighted by molar-refractivity contribution is 6.61. The van der Waals surface area contributed by atoms with Crippen LogP contribution in [0.4, 0.5) is 0 Å². The van der Waals surface area contributed by atoms with Gasteiger partial charge in [0.15, 0.2) is 0 Å². The molecule has 1 aliphatic rings. The van der Waals surface area contributed by atoms with E-state index in [1.54, 1.807) is 0 Å². The summed E-state index contributed by atoms with van der Waals surface area (Å²) in [7, 11) is -0.394. The lowest BCUT2D eigenvalue weighted by molar-refractivity contribution is 0.00578. The van der Waals surface area contributed by atoms with E-state index in [2.05, 4.69) is 11.6 Å². The Bertz CT molecular complexity index is 450. The van der Waals surface area contributed by atoms with Gasteiger partial charge >= 0.3 is 7.12 Å². The minimum absolute atomic E-state index is 0.327. The van der Waals surface area contributed by atoms with Crippen LogP contribution in [-0.4, -0.2) is 23.3 Å². The Balaban J connectivity index is 0.000000956. The summed E-state index contributed by atoms with van der Waals surface area (Å²) in [4.78, 5) is 4.40. The van der Waals surface area contributed by atoms with Gasteiger partial charge in [-0.15, -0.1) is 0 Å². The van der Waals surface area contributed by atoms with Gasteiger partial charge < -0.3 is 9.31 Å². The van der Waals surface area contributed by atoms with E-state index in [1.807, 2.05) is 66.8 Å². The molecule has 0 amide bonds. The molecule has 1 aromatic heterocycles. The first-order chi connectivity index (χ1) is 9.23. The maximum absolute atomic E-state index is 5.94. The van der Waals surface area contributed by atoms with Gasteiger partial charge in [-0.3, -0.25) is 4.98 Å². The van der Waals surface area contributed by atoms with Crippen molar-refractivity contribution >= 4 is 18.3 Å². The molecule has 0 spiro atoms. The van der Waals surface area contributed by atoms with Gasteiger partial charge in [0.1, 0.15) is 0 Å². The molecule has 4 heteroatoms. The zero-order valence-corrected chi connectivity index (χ0v) is 13.8. The van der Waals surface area contributed by atoms with E-state index in [9.17, 15) is 0 Å². The van der Waals surface area contributed by atoms with Crippen molar-refractivity contribution in [2.45, 2.75) is 59.7 Å². The Hall–Kier alpha value is -1.13. The molecule has 0 radical (unpaired) electrons. The van der Waals surface area contributed by atoms with Crippen molar-refractivity contribution in [3.05, 3.63) is 30.5 Å². The van der Waals surface area contributed by atoms with Crippen LogP contribution in [0.5, 0.6) is 0 Å². The molecule has 0 saturated carbocycles. The Labute approximate surface area is 123 Å². The summed E-state index contributed by atoms with van der Waals surface area (Å²) in [5, 5.41) is 0. The summed E-state index contributed by atoms with van der Waals surface area (Å²) in [5.41, 5.74) is 2.19. The van der Waals surface area contributed by atoms with Crippen LogP contribution in [0, 0.1) is 0 Å². The van der Waals surface area contributed by atoms with Crippen molar-refractivity contribution in [1.29, 1.82) is 0 Å². The molecule has 0 unspecified atom stereocenters. The molecule has 3 nitrogen and oxygen atoms in total. The summed E-state index contributed by atoms with van der Waals surface area (Å²) in [6, 6.07) is 3.93. The van der Waals surface area contributed by atoms with Gasteiger partial charge in [0.05, 0.1) is 16.8 Å². The highest BCUT2D eigenvalue weighted by Crippen LogP contribution is 2.36. The van der Waals surface area contributed by atoms with E-state index >= 15 is 0 Å². The topological polar surface area (TPSA) is 31.4 Å². The van der Waals surface area contributed by atoms with Gasteiger partial charge in [0.25, 0.3) is 0 Å². The Morgan fingerprint density at radius 2 is 1.60 bits per heavy atom. The van der Waals surface area contributed by atoms with E-state index < -0.39 is 7.12 Å². The lowest BCUT2D eigenvalue weighted by Gasteiger charge is -2.32. The molecule has 110 valence electrons. The molecule has 0 aliphatic carbocycles. The first kappa shape index (κ1) is 16.9. The lowest BCUT2D eigenvalue weighted by atomic mass is 9.84. The number of hydrogen-bond donors (Lipinski definition) is 0. The molecular formula is C16H26BNO2. The van der Waals surface area contributed by atoms with Crippen molar-refractivity contribution in [1.82, 2.24) is 4.98 Å². The molecule has 1 saturated heterocycles. The summed E-state index contributed by atoms with van der Waals surface area (Å²) in [6.45, 7) is 18.0. The van der Waals surface area contributed by atoms with Gasteiger partial charge in [0.2, 0.25) is 0 Å². The van der Waals surface area contributed by atoms with Crippen LogP contribution in [0.3, 0.4) is 0 Å². The number of rotatable bonds is 2. The molecular weight excluding hydrogens is 249 g/mol. The third-order valence-corrected chi connectivity index (χ3v) is 3.77.